The summed E-state index contributed by atoms with van der Waals surface area (Å²) in [7, 11) is 0. The zero-order valence-corrected chi connectivity index (χ0v) is 15.4. The predicted octanol–water partition coefficient (Wildman–Crippen LogP) is 5.15. The summed E-state index contributed by atoms with van der Waals surface area (Å²) < 4.78 is 0. The summed E-state index contributed by atoms with van der Waals surface area (Å²) >= 11 is 7.44. The van der Waals surface area contributed by atoms with Crippen LogP contribution in [0.25, 0.3) is 0 Å². The van der Waals surface area contributed by atoms with Crippen molar-refractivity contribution in [3.63, 3.8) is 0 Å². The van der Waals surface area contributed by atoms with Gasteiger partial charge in [-0.05, 0) is 0 Å². The molecule has 14 heavy (non-hydrogen) atoms. The normalized spacial score (nSPS) is 9.00. The van der Waals surface area contributed by atoms with Crippen molar-refractivity contribution in [2.24, 2.45) is 0 Å². The van der Waals surface area contributed by atoms with Crippen molar-refractivity contribution in [1.82, 2.24) is 0 Å². The Morgan fingerprint density at radius 3 is 1.64 bits per heavy atom. The van der Waals surface area contributed by atoms with Crippen LogP contribution >= 0.6 is 26.6 Å². The molecule has 0 fully saturated rings. The van der Waals surface area contributed by atoms with Crippen LogP contribution in [0.2, 0.25) is 10.6 Å². The second-order valence-electron chi connectivity index (χ2n) is 2.52. The van der Waals surface area contributed by atoms with E-state index < -0.39 is 0 Å². The molecular weight excluding hydrogens is 554 g/mol. The van der Waals surface area contributed by atoms with Crippen LogP contribution in [0.4, 0.5) is 0 Å². The first-order chi connectivity index (χ1) is 6.83. The van der Waals surface area contributed by atoms with Gasteiger partial charge in [-0.1, -0.05) is 0 Å². The van der Waals surface area contributed by atoms with E-state index in [1.54, 1.807) is 0 Å². The Hall–Kier alpha value is 1.65. The SMILES string of the molecule is C=CCCC[Se]CCCC=C.[Br][Pt][Br]. The van der Waals surface area contributed by atoms with Gasteiger partial charge < -0.3 is 0 Å². The molecule has 0 amide bonds. The number of hydrogen-bond acceptors (Lipinski definition) is 0. The minimum atomic E-state index is 0.208. The molecule has 4 heteroatoms. The monoisotopic (exact) mass is 571 g/mol. The Labute approximate surface area is 116 Å². The van der Waals surface area contributed by atoms with Gasteiger partial charge in [0.15, 0.2) is 0 Å². The van der Waals surface area contributed by atoms with Crippen molar-refractivity contribution in [3.05, 3.63) is 25.3 Å². The number of unbranched alkanes of at least 4 members (excludes halogenated alkanes) is 2. The number of allylic oxidation sites excluding steroid dienone is 2. The zero-order valence-electron chi connectivity index (χ0n) is 8.29. The van der Waals surface area contributed by atoms with E-state index >= 15 is 0 Å². The number of hydrogen-bond donors (Lipinski definition) is 0. The molecule has 0 saturated carbocycles. The third-order valence-corrected chi connectivity index (χ3v) is 3.82. The van der Waals surface area contributed by atoms with Crippen LogP contribution in [0.3, 0.4) is 0 Å². The van der Waals surface area contributed by atoms with Crippen molar-refractivity contribution in [2.45, 2.75) is 36.3 Å². The molecule has 0 aliphatic heterocycles. The maximum absolute atomic E-state index is 3.70. The molecule has 0 rings (SSSR count). The van der Waals surface area contributed by atoms with Crippen molar-refractivity contribution in [3.8, 4) is 0 Å². The van der Waals surface area contributed by atoms with Crippen LogP contribution in [0.5, 0.6) is 0 Å². The first-order valence-corrected chi connectivity index (χ1v) is 16.8. The van der Waals surface area contributed by atoms with E-state index in [2.05, 4.69) is 39.8 Å². The van der Waals surface area contributed by atoms with E-state index in [1.807, 2.05) is 12.2 Å². The van der Waals surface area contributed by atoms with Crippen LogP contribution < -0.4 is 0 Å². The first kappa shape index (κ1) is 18.0. The molecular formula is C10H18Br2PtSe. The second-order valence-corrected chi connectivity index (χ2v) is 15.0. The summed E-state index contributed by atoms with van der Waals surface area (Å²) in [5.41, 5.74) is 0. The van der Waals surface area contributed by atoms with Gasteiger partial charge in [0, 0.05) is 0 Å². The molecule has 0 aromatic rings. The molecule has 0 radical (unpaired) electrons. The molecule has 0 atom stereocenters. The van der Waals surface area contributed by atoms with Gasteiger partial charge in [-0.15, -0.1) is 0 Å². The van der Waals surface area contributed by atoms with Crippen molar-refractivity contribution in [2.75, 3.05) is 0 Å². The molecule has 0 N–H and O–H groups in total. The van der Waals surface area contributed by atoms with E-state index in [0.717, 1.165) is 15.0 Å². The van der Waals surface area contributed by atoms with E-state index in [-0.39, 0.29) is 14.5 Å². The van der Waals surface area contributed by atoms with Gasteiger partial charge in [0.2, 0.25) is 0 Å². The fourth-order valence-corrected chi connectivity index (χ4v) is 2.75. The fraction of sp³-hybridized carbons (Fsp3) is 0.600. The predicted molar refractivity (Wildman–Crippen MR) is 72.1 cm³/mol. The Bertz CT molecular complexity index is 109. The van der Waals surface area contributed by atoms with Crippen LogP contribution in [0, 0.1) is 0 Å². The topological polar surface area (TPSA) is 0 Å². The number of rotatable bonds is 8. The average Bonchev–Trinajstić information content (AvgIpc) is 2.18. The Morgan fingerprint density at radius 2 is 1.36 bits per heavy atom. The molecule has 0 aliphatic carbocycles. The molecule has 0 saturated heterocycles. The van der Waals surface area contributed by atoms with E-state index in [4.69, 9.17) is 0 Å². The fourth-order valence-electron chi connectivity index (χ4n) is 0.762. The second kappa shape index (κ2) is 20.1. The molecule has 0 aromatic carbocycles. The summed E-state index contributed by atoms with van der Waals surface area (Å²) in [5, 5.41) is 2.85. The minimum absolute atomic E-state index is 0.208. The van der Waals surface area contributed by atoms with Crippen LogP contribution in [-0.4, -0.2) is 15.0 Å². The molecule has 0 aromatic heterocycles. The summed E-state index contributed by atoms with van der Waals surface area (Å²) in [6.45, 7) is 7.40. The van der Waals surface area contributed by atoms with Crippen molar-refractivity contribution < 1.29 is 14.5 Å². The summed E-state index contributed by atoms with van der Waals surface area (Å²) in [6.07, 6.45) is 9.11. The first-order valence-electron chi connectivity index (χ1n) is 4.45. The van der Waals surface area contributed by atoms with Crippen molar-refractivity contribution in [1.29, 1.82) is 0 Å². The third kappa shape index (κ3) is 23.5. The molecule has 0 unspecified atom stereocenters. The van der Waals surface area contributed by atoms with E-state index in [1.165, 1.54) is 36.3 Å². The summed E-state index contributed by atoms with van der Waals surface area (Å²) in [6, 6.07) is 0. The molecule has 88 valence electrons. The standard InChI is InChI=1S/C10H18Se.2BrH.Pt/c1-3-5-7-9-11-10-8-6-4-2;;;/h3-4H,1-2,5-10H2;2*1H;/q;;;+2/p-2. The third-order valence-electron chi connectivity index (χ3n) is 1.39. The zero-order chi connectivity index (χ0) is 11.1. The van der Waals surface area contributed by atoms with E-state index in [9.17, 15) is 0 Å². The number of halogens is 2. The van der Waals surface area contributed by atoms with Gasteiger partial charge in [-0.2, -0.15) is 0 Å². The molecule has 0 nitrogen and oxygen atoms in total. The van der Waals surface area contributed by atoms with Gasteiger partial charge in [0.1, 0.15) is 0 Å². The van der Waals surface area contributed by atoms with Gasteiger partial charge >= 0.3 is 118 Å². The molecule has 0 heterocycles. The average molecular weight is 572 g/mol. The van der Waals surface area contributed by atoms with Gasteiger partial charge in [0.25, 0.3) is 0 Å². The van der Waals surface area contributed by atoms with Crippen molar-refractivity contribution >= 4 is 41.6 Å². The Balaban J connectivity index is 0. The maximum atomic E-state index is 3.70. The van der Waals surface area contributed by atoms with Crippen LogP contribution in [-0.2, 0) is 14.5 Å². The molecule has 0 bridgehead atoms. The Kier molecular flexibility index (Phi) is 25.9. The van der Waals surface area contributed by atoms with Crippen LogP contribution in [0.15, 0.2) is 25.3 Å². The molecule has 0 aliphatic rings. The van der Waals surface area contributed by atoms with Gasteiger partial charge in [-0.25, -0.2) is 0 Å². The van der Waals surface area contributed by atoms with E-state index in [0.29, 0.717) is 0 Å². The summed E-state index contributed by atoms with van der Waals surface area (Å²) in [5.74, 6) is 0. The van der Waals surface area contributed by atoms with Gasteiger partial charge in [-0.3, -0.25) is 0 Å². The van der Waals surface area contributed by atoms with Crippen LogP contribution in [0.1, 0.15) is 25.7 Å². The quantitative estimate of drug-likeness (QED) is 0.215. The summed E-state index contributed by atoms with van der Waals surface area (Å²) in [4.78, 5) is 0. The van der Waals surface area contributed by atoms with Gasteiger partial charge in [0.05, 0.1) is 0 Å². The molecule has 0 spiro atoms. The Morgan fingerprint density at radius 1 is 1.00 bits per heavy atom.